The van der Waals surface area contributed by atoms with Gasteiger partial charge in [-0.1, -0.05) is 13.8 Å². The summed E-state index contributed by atoms with van der Waals surface area (Å²) in [6.45, 7) is 3.38. The average molecular weight is 226 g/mol. The van der Waals surface area contributed by atoms with Gasteiger partial charge in [0.1, 0.15) is 0 Å². The van der Waals surface area contributed by atoms with Crippen LogP contribution in [-0.4, -0.2) is 10.8 Å². The van der Waals surface area contributed by atoms with E-state index in [1.165, 1.54) is 6.07 Å². The minimum absolute atomic E-state index is 0.210. The topological polar surface area (TPSA) is 72.2 Å². The van der Waals surface area contributed by atoms with Crippen LogP contribution >= 0.6 is 0 Å². The van der Waals surface area contributed by atoms with Gasteiger partial charge in [-0.3, -0.25) is 14.9 Å². The number of carbonyl (C=O) groups excluding carboxylic acids is 1. The molecule has 0 radical (unpaired) electrons. The highest BCUT2D eigenvalue weighted by atomic mass is 19.1. The van der Waals surface area contributed by atoms with E-state index in [0.29, 0.717) is 0 Å². The van der Waals surface area contributed by atoms with E-state index in [0.717, 1.165) is 12.1 Å². The van der Waals surface area contributed by atoms with Gasteiger partial charge in [-0.2, -0.15) is 4.39 Å². The molecule has 0 bridgehead atoms. The Balaban J connectivity index is 2.90. The maximum atomic E-state index is 13.2. The van der Waals surface area contributed by atoms with Crippen LogP contribution in [0.5, 0.6) is 0 Å². The molecule has 1 N–H and O–H groups in total. The van der Waals surface area contributed by atoms with Crippen LogP contribution in [0, 0.1) is 21.8 Å². The predicted molar refractivity (Wildman–Crippen MR) is 56.5 cm³/mol. The Kier molecular flexibility index (Phi) is 3.55. The molecule has 0 atom stereocenters. The fraction of sp³-hybridized carbons (Fsp3) is 0.300. The summed E-state index contributed by atoms with van der Waals surface area (Å²) < 4.78 is 13.2. The minimum atomic E-state index is -0.966. The second kappa shape index (κ2) is 4.69. The van der Waals surface area contributed by atoms with Gasteiger partial charge in [0.05, 0.1) is 4.92 Å². The third kappa shape index (κ3) is 2.75. The van der Waals surface area contributed by atoms with Crippen LogP contribution < -0.4 is 5.32 Å². The fourth-order valence-corrected chi connectivity index (χ4v) is 1.02. The Morgan fingerprint density at radius 3 is 2.56 bits per heavy atom. The first-order chi connectivity index (χ1) is 7.41. The maximum Gasteiger partial charge on any atom is 0.304 e. The molecule has 0 aliphatic heterocycles. The number of hydrogen-bond acceptors (Lipinski definition) is 3. The molecule has 0 fully saturated rings. The van der Waals surface area contributed by atoms with Crippen molar-refractivity contribution in [1.29, 1.82) is 0 Å². The maximum absolute atomic E-state index is 13.2. The van der Waals surface area contributed by atoms with Gasteiger partial charge in [-0.05, 0) is 6.07 Å². The smallest absolute Gasteiger partial charge is 0.304 e. The Hall–Kier alpha value is -1.98. The Morgan fingerprint density at radius 1 is 1.50 bits per heavy atom. The zero-order valence-electron chi connectivity index (χ0n) is 8.86. The minimum Gasteiger partial charge on any atom is -0.326 e. The molecule has 6 heteroatoms. The van der Waals surface area contributed by atoms with E-state index in [9.17, 15) is 19.3 Å². The summed E-state index contributed by atoms with van der Waals surface area (Å²) in [5.74, 6) is -1.47. The van der Waals surface area contributed by atoms with Gasteiger partial charge in [0, 0.05) is 23.7 Å². The van der Waals surface area contributed by atoms with E-state index in [1.807, 2.05) is 0 Å². The second-order valence-corrected chi connectivity index (χ2v) is 3.57. The van der Waals surface area contributed by atoms with Crippen molar-refractivity contribution in [1.82, 2.24) is 0 Å². The van der Waals surface area contributed by atoms with E-state index in [2.05, 4.69) is 5.32 Å². The van der Waals surface area contributed by atoms with Crippen LogP contribution in [0.3, 0.4) is 0 Å². The summed E-state index contributed by atoms with van der Waals surface area (Å²) in [6.07, 6.45) is 0. The third-order valence-corrected chi connectivity index (χ3v) is 1.94. The van der Waals surface area contributed by atoms with Gasteiger partial charge in [0.2, 0.25) is 11.7 Å². The number of nitro benzene ring substituents is 1. The summed E-state index contributed by atoms with van der Waals surface area (Å²) in [6, 6.07) is 3.24. The van der Waals surface area contributed by atoms with E-state index in [4.69, 9.17) is 0 Å². The van der Waals surface area contributed by atoms with Crippen LogP contribution in [0.15, 0.2) is 18.2 Å². The van der Waals surface area contributed by atoms with Gasteiger partial charge >= 0.3 is 5.69 Å². The molecule has 0 aliphatic carbocycles. The summed E-state index contributed by atoms with van der Waals surface area (Å²) in [7, 11) is 0. The molecule has 1 rings (SSSR count). The Labute approximate surface area is 91.4 Å². The number of rotatable bonds is 3. The molecule has 1 aromatic carbocycles. The van der Waals surface area contributed by atoms with Crippen LogP contribution in [0.2, 0.25) is 0 Å². The lowest BCUT2D eigenvalue weighted by Crippen LogP contribution is -2.17. The van der Waals surface area contributed by atoms with Crippen molar-refractivity contribution in [2.45, 2.75) is 13.8 Å². The average Bonchev–Trinajstić information content (AvgIpc) is 2.16. The summed E-state index contributed by atoms with van der Waals surface area (Å²) in [5, 5.41) is 12.8. The number of halogens is 1. The fourth-order valence-electron chi connectivity index (χ4n) is 1.02. The van der Waals surface area contributed by atoms with Gasteiger partial charge in [0.15, 0.2) is 0 Å². The summed E-state index contributed by atoms with van der Waals surface area (Å²) in [4.78, 5) is 20.8. The molecule has 0 unspecified atom stereocenters. The van der Waals surface area contributed by atoms with E-state index >= 15 is 0 Å². The lowest BCUT2D eigenvalue weighted by molar-refractivity contribution is -0.387. The molecular weight excluding hydrogens is 215 g/mol. The van der Waals surface area contributed by atoms with E-state index < -0.39 is 16.4 Å². The van der Waals surface area contributed by atoms with Crippen molar-refractivity contribution < 1.29 is 14.1 Å². The van der Waals surface area contributed by atoms with Crippen molar-refractivity contribution in [3.63, 3.8) is 0 Å². The number of nitro groups is 1. The number of nitrogens with one attached hydrogen (secondary N) is 1. The van der Waals surface area contributed by atoms with Gasteiger partial charge in [-0.15, -0.1) is 0 Å². The molecule has 5 nitrogen and oxygen atoms in total. The largest absolute Gasteiger partial charge is 0.326 e. The second-order valence-electron chi connectivity index (χ2n) is 3.57. The third-order valence-electron chi connectivity index (χ3n) is 1.94. The highest BCUT2D eigenvalue weighted by Gasteiger charge is 2.15. The SMILES string of the molecule is CC(C)C(=O)Nc1ccc([N+](=O)[O-])c(F)c1. The molecule has 1 aromatic rings. The summed E-state index contributed by atoms with van der Waals surface area (Å²) in [5.41, 5.74) is -0.399. The van der Waals surface area contributed by atoms with Crippen LogP contribution in [0.1, 0.15) is 13.8 Å². The first kappa shape index (κ1) is 12.1. The number of nitrogens with zero attached hydrogens (tertiary/aromatic N) is 1. The molecule has 0 saturated carbocycles. The van der Waals surface area contributed by atoms with Crippen molar-refractivity contribution in [2.24, 2.45) is 5.92 Å². The van der Waals surface area contributed by atoms with Crippen molar-refractivity contribution in [3.8, 4) is 0 Å². The number of carbonyl (C=O) groups is 1. The first-order valence-corrected chi connectivity index (χ1v) is 4.66. The molecule has 0 saturated heterocycles. The van der Waals surface area contributed by atoms with Crippen LogP contribution in [0.4, 0.5) is 15.8 Å². The molecule has 0 heterocycles. The number of benzene rings is 1. The number of amides is 1. The standard InChI is InChI=1S/C10H11FN2O3/c1-6(2)10(14)12-7-3-4-9(13(15)16)8(11)5-7/h3-6H,1-2H3,(H,12,14). The van der Waals surface area contributed by atoms with Gasteiger partial charge in [0.25, 0.3) is 0 Å². The quantitative estimate of drug-likeness (QED) is 0.635. The molecular formula is C10H11FN2O3. The predicted octanol–water partition coefficient (Wildman–Crippen LogP) is 2.33. The summed E-state index contributed by atoms with van der Waals surface area (Å²) >= 11 is 0. The van der Waals surface area contributed by atoms with Crippen molar-refractivity contribution in [2.75, 3.05) is 5.32 Å². The van der Waals surface area contributed by atoms with Crippen LogP contribution in [-0.2, 0) is 4.79 Å². The lowest BCUT2D eigenvalue weighted by atomic mass is 10.2. The lowest BCUT2D eigenvalue weighted by Gasteiger charge is -2.07. The number of hydrogen-bond donors (Lipinski definition) is 1. The molecule has 0 spiro atoms. The Morgan fingerprint density at radius 2 is 2.12 bits per heavy atom. The highest BCUT2D eigenvalue weighted by Crippen LogP contribution is 2.21. The zero-order chi connectivity index (χ0) is 12.3. The molecule has 0 aromatic heterocycles. The number of anilines is 1. The molecule has 86 valence electrons. The monoisotopic (exact) mass is 226 g/mol. The van der Waals surface area contributed by atoms with Gasteiger partial charge < -0.3 is 5.32 Å². The van der Waals surface area contributed by atoms with Crippen molar-refractivity contribution >= 4 is 17.3 Å². The Bertz CT molecular complexity index is 432. The highest BCUT2D eigenvalue weighted by molar-refractivity contribution is 5.92. The first-order valence-electron chi connectivity index (χ1n) is 4.66. The van der Waals surface area contributed by atoms with Crippen molar-refractivity contribution in [3.05, 3.63) is 34.1 Å². The van der Waals surface area contributed by atoms with E-state index in [-0.39, 0.29) is 17.5 Å². The van der Waals surface area contributed by atoms with E-state index in [1.54, 1.807) is 13.8 Å². The van der Waals surface area contributed by atoms with Crippen LogP contribution in [0.25, 0.3) is 0 Å². The van der Waals surface area contributed by atoms with Gasteiger partial charge in [-0.25, -0.2) is 0 Å². The molecule has 16 heavy (non-hydrogen) atoms. The zero-order valence-corrected chi connectivity index (χ0v) is 8.86. The molecule has 0 aliphatic rings. The molecule has 1 amide bonds. The normalized spacial score (nSPS) is 10.2.